The summed E-state index contributed by atoms with van der Waals surface area (Å²) in [6.45, 7) is 3.65. The molecule has 0 fully saturated rings. The van der Waals surface area contributed by atoms with E-state index in [1.807, 2.05) is 0 Å². The van der Waals surface area contributed by atoms with E-state index in [1.54, 1.807) is 19.9 Å². The lowest BCUT2D eigenvalue weighted by molar-refractivity contribution is -0.384. The third-order valence-electron chi connectivity index (χ3n) is 2.49. The number of carbonyl (C=O) groups excluding carboxylic acids is 2. The Labute approximate surface area is 116 Å². The Morgan fingerprint density at radius 3 is 2.65 bits per heavy atom. The molecule has 1 N–H and O–H groups in total. The Balaban J connectivity index is 2.66. The van der Waals surface area contributed by atoms with Gasteiger partial charge < -0.3 is 10.1 Å². The minimum Gasteiger partial charge on any atom is -0.466 e. The minimum atomic E-state index is -0.562. The lowest BCUT2D eigenvalue weighted by Crippen LogP contribution is -2.15. The van der Waals surface area contributed by atoms with Crippen LogP contribution in [0.15, 0.2) is 18.2 Å². The Morgan fingerprint density at radius 2 is 2.05 bits per heavy atom. The average molecular weight is 280 g/mol. The summed E-state index contributed by atoms with van der Waals surface area (Å²) >= 11 is 0. The number of aryl methyl sites for hydroxylation is 1. The number of esters is 1. The molecule has 0 unspecified atom stereocenters. The Morgan fingerprint density at radius 1 is 1.35 bits per heavy atom. The number of nitro benzene ring substituents is 1. The third-order valence-corrected chi connectivity index (χ3v) is 2.49. The number of amides is 1. The predicted molar refractivity (Wildman–Crippen MR) is 72.3 cm³/mol. The Kier molecular flexibility index (Phi) is 5.64. The van der Waals surface area contributed by atoms with Crippen LogP contribution in [0.1, 0.15) is 25.3 Å². The van der Waals surface area contributed by atoms with Crippen molar-refractivity contribution in [2.24, 2.45) is 0 Å². The molecule has 0 radical (unpaired) electrons. The van der Waals surface area contributed by atoms with Crippen LogP contribution in [0.2, 0.25) is 0 Å². The quantitative estimate of drug-likeness (QED) is 0.489. The molecule has 0 saturated carbocycles. The highest BCUT2D eigenvalue weighted by molar-refractivity contribution is 5.94. The van der Waals surface area contributed by atoms with Gasteiger partial charge in [0, 0.05) is 12.5 Å². The summed E-state index contributed by atoms with van der Waals surface area (Å²) < 4.78 is 4.69. The topological polar surface area (TPSA) is 98.5 Å². The highest BCUT2D eigenvalue weighted by atomic mass is 16.6. The zero-order valence-corrected chi connectivity index (χ0v) is 11.3. The third kappa shape index (κ3) is 4.68. The SMILES string of the molecule is CCOC(=O)CCC(=O)Nc1ccc(C)cc1[N+](=O)[O-]. The summed E-state index contributed by atoms with van der Waals surface area (Å²) in [5.74, 6) is -0.939. The van der Waals surface area contributed by atoms with Crippen LogP contribution in [0, 0.1) is 17.0 Å². The molecule has 7 heteroatoms. The first-order chi connectivity index (χ1) is 9.43. The van der Waals surface area contributed by atoms with Gasteiger partial charge in [-0.1, -0.05) is 6.07 Å². The maximum absolute atomic E-state index is 11.6. The fraction of sp³-hybridized carbons (Fsp3) is 0.385. The normalized spacial score (nSPS) is 9.90. The number of nitro groups is 1. The first kappa shape index (κ1) is 15.6. The van der Waals surface area contributed by atoms with Crippen molar-refractivity contribution in [3.05, 3.63) is 33.9 Å². The van der Waals surface area contributed by atoms with E-state index in [2.05, 4.69) is 5.32 Å². The maximum Gasteiger partial charge on any atom is 0.306 e. The molecular formula is C13H16N2O5. The molecule has 0 heterocycles. The van der Waals surface area contributed by atoms with Crippen molar-refractivity contribution in [3.8, 4) is 0 Å². The second kappa shape index (κ2) is 7.22. The van der Waals surface area contributed by atoms with E-state index in [-0.39, 0.29) is 30.8 Å². The molecule has 0 spiro atoms. The van der Waals surface area contributed by atoms with Gasteiger partial charge in [0.15, 0.2) is 0 Å². The number of ether oxygens (including phenoxy) is 1. The van der Waals surface area contributed by atoms with Gasteiger partial charge in [0.1, 0.15) is 5.69 Å². The molecule has 7 nitrogen and oxygen atoms in total. The lowest BCUT2D eigenvalue weighted by Gasteiger charge is -2.06. The molecule has 20 heavy (non-hydrogen) atoms. The van der Waals surface area contributed by atoms with Gasteiger partial charge in [-0.2, -0.15) is 0 Å². The molecule has 1 aromatic rings. The van der Waals surface area contributed by atoms with Crippen LogP contribution in [0.4, 0.5) is 11.4 Å². The van der Waals surface area contributed by atoms with Gasteiger partial charge >= 0.3 is 5.97 Å². The number of nitrogens with one attached hydrogen (secondary N) is 1. The molecule has 0 aliphatic rings. The number of benzene rings is 1. The van der Waals surface area contributed by atoms with Gasteiger partial charge in [-0.3, -0.25) is 19.7 Å². The molecule has 0 atom stereocenters. The first-order valence-corrected chi connectivity index (χ1v) is 6.14. The van der Waals surface area contributed by atoms with E-state index in [9.17, 15) is 19.7 Å². The zero-order chi connectivity index (χ0) is 15.1. The first-order valence-electron chi connectivity index (χ1n) is 6.14. The highest BCUT2D eigenvalue weighted by Gasteiger charge is 2.16. The molecule has 0 bridgehead atoms. The van der Waals surface area contributed by atoms with Crippen LogP contribution in [-0.2, 0) is 14.3 Å². The zero-order valence-electron chi connectivity index (χ0n) is 11.3. The van der Waals surface area contributed by atoms with E-state index in [0.717, 1.165) is 5.56 Å². The standard InChI is InChI=1S/C13H16N2O5/c1-3-20-13(17)7-6-12(16)14-10-5-4-9(2)8-11(10)15(18)19/h4-5,8H,3,6-7H2,1-2H3,(H,14,16). The minimum absolute atomic E-state index is 0.0562. The molecular weight excluding hydrogens is 264 g/mol. The van der Waals surface area contributed by atoms with Crippen molar-refractivity contribution in [1.29, 1.82) is 0 Å². The number of hydrogen-bond donors (Lipinski definition) is 1. The smallest absolute Gasteiger partial charge is 0.306 e. The van der Waals surface area contributed by atoms with Crippen molar-refractivity contribution in [2.75, 3.05) is 11.9 Å². The van der Waals surface area contributed by atoms with E-state index >= 15 is 0 Å². The molecule has 0 aromatic heterocycles. The lowest BCUT2D eigenvalue weighted by atomic mass is 10.2. The molecule has 0 aliphatic carbocycles. The van der Waals surface area contributed by atoms with Gasteiger partial charge in [-0.05, 0) is 25.5 Å². The van der Waals surface area contributed by atoms with Gasteiger partial charge in [-0.25, -0.2) is 0 Å². The van der Waals surface area contributed by atoms with Crippen LogP contribution in [0.25, 0.3) is 0 Å². The largest absolute Gasteiger partial charge is 0.466 e. The van der Waals surface area contributed by atoms with Crippen molar-refractivity contribution in [3.63, 3.8) is 0 Å². The van der Waals surface area contributed by atoms with Crippen molar-refractivity contribution in [1.82, 2.24) is 0 Å². The molecule has 108 valence electrons. The summed E-state index contributed by atoms with van der Waals surface area (Å²) in [7, 11) is 0. The number of hydrogen-bond acceptors (Lipinski definition) is 5. The monoisotopic (exact) mass is 280 g/mol. The average Bonchev–Trinajstić information content (AvgIpc) is 2.38. The van der Waals surface area contributed by atoms with Crippen molar-refractivity contribution in [2.45, 2.75) is 26.7 Å². The highest BCUT2D eigenvalue weighted by Crippen LogP contribution is 2.25. The van der Waals surface area contributed by atoms with Gasteiger partial charge in [0.25, 0.3) is 5.69 Å². The summed E-state index contributed by atoms with van der Waals surface area (Å²) in [6, 6.07) is 4.50. The van der Waals surface area contributed by atoms with Crippen molar-refractivity contribution >= 4 is 23.3 Å². The summed E-state index contributed by atoms with van der Waals surface area (Å²) in [5, 5.41) is 13.3. The van der Waals surface area contributed by atoms with Crippen LogP contribution in [0.5, 0.6) is 0 Å². The van der Waals surface area contributed by atoms with E-state index in [0.29, 0.717) is 0 Å². The van der Waals surface area contributed by atoms with E-state index < -0.39 is 16.8 Å². The van der Waals surface area contributed by atoms with E-state index in [4.69, 9.17) is 4.74 Å². The summed E-state index contributed by atoms with van der Waals surface area (Å²) in [4.78, 5) is 33.1. The second-order valence-corrected chi connectivity index (χ2v) is 4.13. The molecule has 1 amide bonds. The van der Waals surface area contributed by atoms with Gasteiger partial charge in [-0.15, -0.1) is 0 Å². The molecule has 0 saturated heterocycles. The Hall–Kier alpha value is -2.44. The van der Waals surface area contributed by atoms with Crippen LogP contribution in [-0.4, -0.2) is 23.4 Å². The number of anilines is 1. The van der Waals surface area contributed by atoms with Crippen LogP contribution in [0.3, 0.4) is 0 Å². The fourth-order valence-corrected chi connectivity index (χ4v) is 1.56. The van der Waals surface area contributed by atoms with E-state index in [1.165, 1.54) is 12.1 Å². The van der Waals surface area contributed by atoms with Gasteiger partial charge in [0.05, 0.1) is 18.0 Å². The predicted octanol–water partition coefficient (Wildman–Crippen LogP) is 2.19. The van der Waals surface area contributed by atoms with Crippen LogP contribution >= 0.6 is 0 Å². The molecule has 0 aliphatic heterocycles. The maximum atomic E-state index is 11.6. The Bertz CT molecular complexity index is 527. The number of rotatable bonds is 6. The molecule has 1 rings (SSSR count). The summed E-state index contributed by atoms with van der Waals surface area (Å²) in [6.07, 6.45) is -0.136. The molecule has 1 aromatic carbocycles. The van der Waals surface area contributed by atoms with Crippen LogP contribution < -0.4 is 5.32 Å². The second-order valence-electron chi connectivity index (χ2n) is 4.13. The fourth-order valence-electron chi connectivity index (χ4n) is 1.56. The van der Waals surface area contributed by atoms with Crippen molar-refractivity contribution < 1.29 is 19.2 Å². The summed E-state index contributed by atoms with van der Waals surface area (Å²) in [5.41, 5.74) is 0.671. The number of nitrogens with zero attached hydrogens (tertiary/aromatic N) is 1. The number of carbonyl (C=O) groups is 2. The van der Waals surface area contributed by atoms with Gasteiger partial charge in [0.2, 0.25) is 5.91 Å².